The maximum absolute atomic E-state index is 17.4. The highest BCUT2D eigenvalue weighted by Gasteiger charge is 2.50. The van der Waals surface area contributed by atoms with Crippen LogP contribution in [0, 0.1) is 29.9 Å². The molecular formula is C60H67F2N9O8. The fraction of sp³-hybridized carbons (Fsp3) is 0.533. The summed E-state index contributed by atoms with van der Waals surface area (Å²) in [5.41, 5.74) is 3.63. The van der Waals surface area contributed by atoms with Crippen LogP contribution in [-0.4, -0.2) is 161 Å². The molecule has 0 bridgehead atoms. The van der Waals surface area contributed by atoms with Crippen molar-refractivity contribution in [3.63, 3.8) is 0 Å². The third-order valence-electron chi connectivity index (χ3n) is 18.5. The molecule has 0 aliphatic carbocycles. The SMILES string of the molecule is C#Cc1c(F)ccc2cccc(-c3nc4c5c(nc(OC[C@@]67CCCN6[C@H](COC(=O)N6CCC(OCC8CCN(c9ccc%10c(c9)CN(C9CCC(=O)NC9O)C%10=O)CC8)CC6)CC7)nc5c3F)N3CCCOC[C@@H]3CC4)c12. The van der Waals surface area contributed by atoms with E-state index in [4.69, 9.17) is 40.3 Å². The number of aliphatic hydroxyl groups excluding tert-OH is 1. The maximum Gasteiger partial charge on any atom is 0.409 e. The molecule has 0 spiro atoms. The van der Waals surface area contributed by atoms with Crippen LogP contribution in [0.4, 0.5) is 25.1 Å². The molecule has 79 heavy (non-hydrogen) atoms. The lowest BCUT2D eigenvalue weighted by molar-refractivity contribution is -0.129. The Morgan fingerprint density at radius 2 is 1.73 bits per heavy atom. The molecule has 5 aromatic rings. The Kier molecular flexibility index (Phi) is 14.0. The number of nitrogens with zero attached hydrogens (tertiary/aromatic N) is 8. The number of carbonyl (C=O) groups is 3. The van der Waals surface area contributed by atoms with Crippen molar-refractivity contribution in [2.45, 2.75) is 126 Å². The summed E-state index contributed by atoms with van der Waals surface area (Å²) in [5, 5.41) is 14.7. The number of likely N-dealkylation sites (tertiary alicyclic amines) is 1. The fourth-order valence-electron chi connectivity index (χ4n) is 14.2. The van der Waals surface area contributed by atoms with Gasteiger partial charge >= 0.3 is 12.1 Å². The van der Waals surface area contributed by atoms with Crippen molar-refractivity contribution in [1.29, 1.82) is 0 Å². The summed E-state index contributed by atoms with van der Waals surface area (Å²) in [5.74, 6) is 2.00. The van der Waals surface area contributed by atoms with Gasteiger partial charge in [0.25, 0.3) is 5.91 Å². The standard InChI is InChI=1S/C60H67F2N9O8/c1-2-43-46(61)12-8-37-6-3-7-45(50(37)43)53-52(62)54-51-47(63-53)13-10-40-33-76-29-5-23-69(40)55(51)66-58(65-54)79-35-60-21-4-24-71(60)41(16-22-60)34-78-59(75)68-27-19-42(20-28-68)77-32-36-17-25-67(26-18-36)39-9-11-44-38(30-39)31-70(57(44)74)48-14-15-49(72)64-56(48)73/h1,3,6-9,11-12,30,36,40-42,48,56,73H,4-5,10,13-29,31-35H2,(H,64,72)/t40-,41-,48?,56?,60-/m0/s1. The van der Waals surface area contributed by atoms with Crippen LogP contribution < -0.4 is 19.9 Å². The second-order valence-electron chi connectivity index (χ2n) is 23.0. The number of anilines is 2. The van der Waals surface area contributed by atoms with Gasteiger partial charge in [-0.3, -0.25) is 14.5 Å². The average Bonchev–Trinajstić information content (AvgIpc) is 4.12. The van der Waals surface area contributed by atoms with E-state index >= 15 is 8.78 Å². The molecule has 6 saturated heterocycles. The molecule has 2 N–H and O–H groups in total. The van der Waals surface area contributed by atoms with E-state index in [1.54, 1.807) is 28.0 Å². The number of ether oxygens (including phenoxy) is 4. The van der Waals surface area contributed by atoms with Crippen LogP contribution in [0.15, 0.2) is 48.5 Å². The first-order chi connectivity index (χ1) is 38.5. The highest BCUT2D eigenvalue weighted by atomic mass is 19.1. The zero-order valence-electron chi connectivity index (χ0n) is 44.5. The number of aryl methyl sites for hydroxylation is 1. The van der Waals surface area contributed by atoms with Crippen LogP contribution in [0.25, 0.3) is 32.9 Å². The molecular weight excluding hydrogens is 1010 g/mol. The van der Waals surface area contributed by atoms with E-state index in [2.05, 4.69) is 32.0 Å². The van der Waals surface area contributed by atoms with Crippen LogP contribution in [-0.2, 0) is 32.0 Å². The van der Waals surface area contributed by atoms with E-state index in [0.717, 1.165) is 88.7 Å². The van der Waals surface area contributed by atoms with Gasteiger partial charge in [0.2, 0.25) is 5.91 Å². The summed E-state index contributed by atoms with van der Waals surface area (Å²) in [6.07, 6.45) is 14.4. The lowest BCUT2D eigenvalue weighted by Gasteiger charge is -2.36. The van der Waals surface area contributed by atoms with Crippen LogP contribution in [0.1, 0.15) is 104 Å². The average molecular weight is 1080 g/mol. The van der Waals surface area contributed by atoms with Gasteiger partial charge in [-0.2, -0.15) is 9.97 Å². The second kappa shape index (κ2) is 21.4. The maximum atomic E-state index is 17.4. The van der Waals surface area contributed by atoms with Gasteiger partial charge in [0.05, 0.1) is 47.0 Å². The number of terminal acetylenes is 1. The third-order valence-corrected chi connectivity index (χ3v) is 18.5. The Morgan fingerprint density at radius 3 is 2.57 bits per heavy atom. The van der Waals surface area contributed by atoms with E-state index in [0.29, 0.717) is 110 Å². The largest absolute Gasteiger partial charge is 0.461 e. The number of rotatable bonds is 11. The minimum atomic E-state index is -1.06. The van der Waals surface area contributed by atoms with Crippen LogP contribution in [0.5, 0.6) is 6.01 Å². The first-order valence-electron chi connectivity index (χ1n) is 28.5. The molecule has 8 aliphatic heterocycles. The van der Waals surface area contributed by atoms with Gasteiger partial charge in [0.15, 0.2) is 5.82 Å². The lowest BCUT2D eigenvalue weighted by atomic mass is 9.95. The van der Waals surface area contributed by atoms with Crippen LogP contribution in [0.2, 0.25) is 0 Å². The number of benzene rings is 3. The number of hydrogen-bond donors (Lipinski definition) is 2. The Hall–Kier alpha value is -6.72. The Labute approximate surface area is 457 Å². The number of halogens is 2. The minimum Gasteiger partial charge on any atom is -0.461 e. The fourth-order valence-corrected chi connectivity index (χ4v) is 14.2. The molecule has 0 saturated carbocycles. The molecule has 19 heteroatoms. The number of hydrogen-bond acceptors (Lipinski definition) is 14. The topological polar surface area (TPSA) is 175 Å². The van der Waals surface area contributed by atoms with Gasteiger partial charge < -0.3 is 49.0 Å². The van der Waals surface area contributed by atoms with Gasteiger partial charge in [0, 0.05) is 87.1 Å². The first-order valence-corrected chi connectivity index (χ1v) is 28.5. The first kappa shape index (κ1) is 51.7. The highest BCUT2D eigenvalue weighted by molar-refractivity contribution is 6.03. The molecule has 6 fully saturated rings. The number of amides is 3. The third kappa shape index (κ3) is 9.65. The zero-order valence-corrected chi connectivity index (χ0v) is 44.5. The van der Waals surface area contributed by atoms with Crippen molar-refractivity contribution >= 4 is 51.1 Å². The molecule has 5 atom stereocenters. The normalized spacial score (nSPS) is 25.7. The summed E-state index contributed by atoms with van der Waals surface area (Å²) < 4.78 is 57.9. The van der Waals surface area contributed by atoms with Gasteiger partial charge in [0.1, 0.15) is 42.3 Å². The second-order valence-corrected chi connectivity index (χ2v) is 23.0. The van der Waals surface area contributed by atoms with Gasteiger partial charge in [-0.05, 0) is 125 Å². The number of nitrogens with one attached hydrogen (secondary N) is 1. The van der Waals surface area contributed by atoms with E-state index in [1.807, 2.05) is 18.2 Å². The van der Waals surface area contributed by atoms with E-state index in [-0.39, 0.29) is 84.1 Å². The quantitative estimate of drug-likeness (QED) is 0.128. The van der Waals surface area contributed by atoms with Crippen LogP contribution >= 0.6 is 0 Å². The van der Waals surface area contributed by atoms with Crippen molar-refractivity contribution in [2.24, 2.45) is 5.92 Å². The molecule has 8 aliphatic rings. The Bertz CT molecular complexity index is 3250. The Balaban J connectivity index is 0.613. The predicted molar refractivity (Wildman–Crippen MR) is 291 cm³/mol. The molecule has 10 heterocycles. The molecule has 3 amide bonds. The summed E-state index contributed by atoms with van der Waals surface area (Å²) in [6, 6.07) is 14.0. The smallest absolute Gasteiger partial charge is 0.409 e. The summed E-state index contributed by atoms with van der Waals surface area (Å²) >= 11 is 0. The summed E-state index contributed by atoms with van der Waals surface area (Å²) in [4.78, 5) is 64.0. The van der Waals surface area contributed by atoms with Crippen molar-refractivity contribution in [3.05, 3.63) is 82.5 Å². The van der Waals surface area contributed by atoms with Gasteiger partial charge in [-0.1, -0.05) is 30.2 Å². The van der Waals surface area contributed by atoms with E-state index in [9.17, 15) is 19.5 Å². The Morgan fingerprint density at radius 1 is 0.873 bits per heavy atom. The number of piperidine rings is 3. The van der Waals surface area contributed by atoms with E-state index < -0.39 is 23.9 Å². The lowest BCUT2D eigenvalue weighted by Crippen LogP contribution is -2.55. The minimum absolute atomic E-state index is 0.0100. The van der Waals surface area contributed by atoms with Crippen molar-refractivity contribution in [2.75, 3.05) is 82.1 Å². The van der Waals surface area contributed by atoms with Crippen molar-refractivity contribution in [3.8, 4) is 29.6 Å². The molecule has 2 unspecified atom stereocenters. The molecule has 13 rings (SSSR count). The number of aliphatic hydroxyl groups is 1. The van der Waals surface area contributed by atoms with Gasteiger partial charge in [-0.15, -0.1) is 6.42 Å². The summed E-state index contributed by atoms with van der Waals surface area (Å²) in [7, 11) is 0. The number of carbonyl (C=O) groups excluding carboxylic acids is 3. The highest BCUT2D eigenvalue weighted by Crippen LogP contribution is 2.45. The van der Waals surface area contributed by atoms with Crippen LogP contribution in [0.3, 0.4) is 0 Å². The molecule has 3 aromatic carbocycles. The summed E-state index contributed by atoms with van der Waals surface area (Å²) in [6.45, 7) is 7.24. The molecule has 0 radical (unpaired) electrons. The number of aromatic nitrogens is 3. The number of fused-ring (bicyclic) bond motifs is 5. The molecule has 414 valence electrons. The van der Waals surface area contributed by atoms with Crippen molar-refractivity contribution < 1.29 is 47.2 Å². The van der Waals surface area contributed by atoms with E-state index in [1.165, 1.54) is 6.07 Å². The van der Waals surface area contributed by atoms with Crippen molar-refractivity contribution in [1.82, 2.24) is 35.0 Å². The predicted octanol–water partition coefficient (Wildman–Crippen LogP) is 7.11. The monoisotopic (exact) mass is 1080 g/mol. The molecule has 17 nitrogen and oxygen atoms in total. The molecule has 2 aromatic heterocycles. The van der Waals surface area contributed by atoms with Gasteiger partial charge in [-0.25, -0.2) is 18.6 Å². The number of pyridine rings is 1. The zero-order chi connectivity index (χ0) is 53.9.